The predicted octanol–water partition coefficient (Wildman–Crippen LogP) is 4.05. The highest BCUT2D eigenvalue weighted by atomic mass is 35.6. The van der Waals surface area contributed by atoms with Gasteiger partial charge in [-0.05, 0) is 30.8 Å². The standard InChI is InChI=1S/C18H24Cl3N5O/c1-4-26(5-2)10-9-22-17-24-15(23-16(25-17)18(19,20)21)12-13-7-6-8-14(11-13)27-3/h6-8,11H,4-5,9-10,12H2,1-3H3,(H,22,23,24,25). The van der Waals surface area contributed by atoms with Gasteiger partial charge in [-0.15, -0.1) is 0 Å². The van der Waals surface area contributed by atoms with Crippen LogP contribution in [0.2, 0.25) is 0 Å². The van der Waals surface area contributed by atoms with Crippen LogP contribution in [0.4, 0.5) is 5.95 Å². The fraction of sp³-hybridized carbons (Fsp3) is 0.500. The molecule has 9 heteroatoms. The van der Waals surface area contributed by atoms with Crippen LogP contribution in [0.1, 0.15) is 31.1 Å². The Hall–Kier alpha value is -1.34. The highest BCUT2D eigenvalue weighted by Gasteiger charge is 2.28. The Bertz CT molecular complexity index is 735. The van der Waals surface area contributed by atoms with E-state index < -0.39 is 3.79 Å². The van der Waals surface area contributed by atoms with Crippen LogP contribution in [0.5, 0.6) is 5.75 Å². The van der Waals surface area contributed by atoms with E-state index in [1.807, 2.05) is 24.3 Å². The molecule has 0 amide bonds. The number of aromatic nitrogens is 3. The van der Waals surface area contributed by atoms with Gasteiger partial charge in [-0.2, -0.15) is 9.97 Å². The van der Waals surface area contributed by atoms with Crippen molar-refractivity contribution in [1.82, 2.24) is 19.9 Å². The van der Waals surface area contributed by atoms with Gasteiger partial charge in [-0.3, -0.25) is 0 Å². The Balaban J connectivity index is 2.20. The van der Waals surface area contributed by atoms with Crippen molar-refractivity contribution in [2.45, 2.75) is 24.1 Å². The molecule has 1 N–H and O–H groups in total. The smallest absolute Gasteiger partial charge is 0.250 e. The number of anilines is 1. The number of benzene rings is 1. The second-order valence-corrected chi connectivity index (χ2v) is 8.16. The van der Waals surface area contributed by atoms with Crippen molar-refractivity contribution in [1.29, 1.82) is 0 Å². The quantitative estimate of drug-likeness (QED) is 0.603. The van der Waals surface area contributed by atoms with Gasteiger partial charge in [0.1, 0.15) is 11.6 Å². The number of halogens is 3. The summed E-state index contributed by atoms with van der Waals surface area (Å²) in [4.78, 5) is 15.3. The minimum atomic E-state index is -1.72. The number of rotatable bonds is 9. The summed E-state index contributed by atoms with van der Waals surface area (Å²) >= 11 is 18.0. The number of nitrogens with one attached hydrogen (secondary N) is 1. The maximum absolute atomic E-state index is 6.00. The molecule has 0 aliphatic heterocycles. The Morgan fingerprint density at radius 1 is 1.11 bits per heavy atom. The third-order valence-corrected chi connectivity index (χ3v) is 4.54. The van der Waals surface area contributed by atoms with Gasteiger partial charge in [0.25, 0.3) is 0 Å². The summed E-state index contributed by atoms with van der Waals surface area (Å²) in [5.74, 6) is 1.78. The molecular weight excluding hydrogens is 409 g/mol. The summed E-state index contributed by atoms with van der Waals surface area (Å²) in [5, 5.41) is 3.20. The SMILES string of the molecule is CCN(CC)CCNc1nc(Cc2cccc(OC)c2)nc(C(Cl)(Cl)Cl)n1. The number of alkyl halides is 3. The summed E-state index contributed by atoms with van der Waals surface area (Å²) in [5.41, 5.74) is 0.991. The van der Waals surface area contributed by atoms with Crippen LogP contribution in [-0.2, 0) is 10.2 Å². The predicted molar refractivity (Wildman–Crippen MR) is 111 cm³/mol. The monoisotopic (exact) mass is 431 g/mol. The molecule has 0 saturated carbocycles. The first kappa shape index (κ1) is 22.0. The van der Waals surface area contributed by atoms with Crippen LogP contribution >= 0.6 is 34.8 Å². The molecule has 0 aliphatic carbocycles. The Labute approximate surface area is 175 Å². The van der Waals surface area contributed by atoms with Gasteiger partial charge < -0.3 is 15.0 Å². The molecule has 0 bridgehead atoms. The molecule has 0 spiro atoms. The van der Waals surface area contributed by atoms with Crippen molar-refractivity contribution >= 4 is 40.8 Å². The van der Waals surface area contributed by atoms with Crippen molar-refractivity contribution < 1.29 is 4.74 Å². The van der Waals surface area contributed by atoms with E-state index >= 15 is 0 Å². The van der Waals surface area contributed by atoms with Gasteiger partial charge >= 0.3 is 0 Å². The zero-order valence-electron chi connectivity index (χ0n) is 15.7. The molecular formula is C18H24Cl3N5O. The number of hydrogen-bond acceptors (Lipinski definition) is 6. The molecule has 27 heavy (non-hydrogen) atoms. The van der Waals surface area contributed by atoms with Crippen LogP contribution in [0.25, 0.3) is 0 Å². The second kappa shape index (κ2) is 10.3. The van der Waals surface area contributed by atoms with Crippen LogP contribution in [0.3, 0.4) is 0 Å². The summed E-state index contributed by atoms with van der Waals surface area (Å²) in [6.07, 6.45) is 0.470. The zero-order valence-corrected chi connectivity index (χ0v) is 17.9. The number of likely N-dealkylation sites (N-methyl/N-ethyl adjacent to an activating group) is 1. The van der Waals surface area contributed by atoms with Crippen LogP contribution in [-0.4, -0.2) is 53.1 Å². The summed E-state index contributed by atoms with van der Waals surface area (Å²) in [6.45, 7) is 7.77. The highest BCUT2D eigenvalue weighted by Crippen LogP contribution is 2.36. The average Bonchev–Trinajstić information content (AvgIpc) is 2.64. The van der Waals surface area contributed by atoms with Crippen molar-refractivity contribution in [2.24, 2.45) is 0 Å². The van der Waals surface area contributed by atoms with Gasteiger partial charge in [0.15, 0.2) is 5.82 Å². The van der Waals surface area contributed by atoms with Gasteiger partial charge in [0, 0.05) is 19.5 Å². The van der Waals surface area contributed by atoms with E-state index in [9.17, 15) is 0 Å². The zero-order chi connectivity index (χ0) is 19.9. The third kappa shape index (κ3) is 6.96. The lowest BCUT2D eigenvalue weighted by atomic mass is 10.1. The molecule has 0 saturated heterocycles. The maximum atomic E-state index is 6.00. The molecule has 0 atom stereocenters. The van der Waals surface area contributed by atoms with E-state index in [0.29, 0.717) is 24.7 Å². The van der Waals surface area contributed by atoms with E-state index in [2.05, 4.69) is 39.0 Å². The molecule has 0 unspecified atom stereocenters. The van der Waals surface area contributed by atoms with E-state index in [1.54, 1.807) is 7.11 Å². The molecule has 148 valence electrons. The van der Waals surface area contributed by atoms with Crippen molar-refractivity contribution in [3.8, 4) is 5.75 Å². The van der Waals surface area contributed by atoms with Crippen molar-refractivity contribution in [3.05, 3.63) is 41.5 Å². The van der Waals surface area contributed by atoms with Crippen LogP contribution in [0.15, 0.2) is 24.3 Å². The summed E-state index contributed by atoms with van der Waals surface area (Å²) in [7, 11) is 1.63. The first-order valence-corrected chi connectivity index (χ1v) is 9.90. The minimum Gasteiger partial charge on any atom is -0.497 e. The third-order valence-electron chi connectivity index (χ3n) is 4.04. The van der Waals surface area contributed by atoms with Gasteiger partial charge in [0.05, 0.1) is 7.11 Å². The lowest BCUT2D eigenvalue weighted by Gasteiger charge is -2.18. The Morgan fingerprint density at radius 3 is 2.48 bits per heavy atom. The number of ether oxygens (including phenoxy) is 1. The van der Waals surface area contributed by atoms with E-state index in [-0.39, 0.29) is 5.82 Å². The van der Waals surface area contributed by atoms with E-state index in [0.717, 1.165) is 30.9 Å². The normalized spacial score (nSPS) is 11.7. The van der Waals surface area contributed by atoms with Crippen molar-refractivity contribution in [3.63, 3.8) is 0 Å². The lowest BCUT2D eigenvalue weighted by molar-refractivity contribution is 0.315. The largest absolute Gasteiger partial charge is 0.497 e. The fourth-order valence-electron chi connectivity index (χ4n) is 2.54. The topological polar surface area (TPSA) is 63.2 Å². The van der Waals surface area contributed by atoms with Gasteiger partial charge in [-0.25, -0.2) is 4.98 Å². The highest BCUT2D eigenvalue weighted by molar-refractivity contribution is 6.66. The first-order chi connectivity index (χ1) is 12.9. The van der Waals surface area contributed by atoms with Crippen LogP contribution < -0.4 is 10.1 Å². The van der Waals surface area contributed by atoms with Crippen molar-refractivity contribution in [2.75, 3.05) is 38.6 Å². The molecule has 0 radical (unpaired) electrons. The van der Waals surface area contributed by atoms with E-state index in [4.69, 9.17) is 39.5 Å². The first-order valence-electron chi connectivity index (χ1n) is 8.77. The van der Waals surface area contributed by atoms with Gasteiger partial charge in [-0.1, -0.05) is 60.8 Å². The molecule has 6 nitrogen and oxygen atoms in total. The van der Waals surface area contributed by atoms with Crippen LogP contribution in [0, 0.1) is 0 Å². The molecule has 2 rings (SSSR count). The number of methoxy groups -OCH3 is 1. The average molecular weight is 433 g/mol. The Morgan fingerprint density at radius 2 is 1.85 bits per heavy atom. The van der Waals surface area contributed by atoms with Gasteiger partial charge in [0.2, 0.25) is 9.74 Å². The molecule has 1 aromatic heterocycles. The fourth-order valence-corrected chi connectivity index (χ4v) is 2.79. The molecule has 0 aliphatic rings. The molecule has 2 aromatic rings. The Kier molecular flexibility index (Phi) is 8.35. The maximum Gasteiger partial charge on any atom is 0.250 e. The minimum absolute atomic E-state index is 0.103. The summed E-state index contributed by atoms with van der Waals surface area (Å²) < 4.78 is 3.54. The number of nitrogens with zero attached hydrogens (tertiary/aromatic N) is 4. The lowest BCUT2D eigenvalue weighted by Crippen LogP contribution is -2.29. The van der Waals surface area contributed by atoms with E-state index in [1.165, 1.54) is 0 Å². The molecule has 1 aromatic carbocycles. The molecule has 0 fully saturated rings. The second-order valence-electron chi connectivity index (χ2n) is 5.88. The number of hydrogen-bond donors (Lipinski definition) is 1. The molecule has 1 heterocycles. The summed E-state index contributed by atoms with van der Waals surface area (Å²) in [6, 6.07) is 7.68.